The molecule has 0 aliphatic carbocycles. The number of fused-ring (bicyclic) bond motifs is 1. The molecule has 2 atom stereocenters. The summed E-state index contributed by atoms with van der Waals surface area (Å²) < 4.78 is 5.25. The summed E-state index contributed by atoms with van der Waals surface area (Å²) in [6.07, 6.45) is 1.70. The van der Waals surface area contributed by atoms with Gasteiger partial charge in [0.15, 0.2) is 0 Å². The fourth-order valence-corrected chi connectivity index (χ4v) is 2.41. The Morgan fingerprint density at radius 2 is 2.29 bits per heavy atom. The first-order chi connectivity index (χ1) is 8.33. The lowest BCUT2D eigenvalue weighted by Gasteiger charge is -2.15. The molecule has 1 unspecified atom stereocenters. The van der Waals surface area contributed by atoms with E-state index in [2.05, 4.69) is 16.7 Å². The van der Waals surface area contributed by atoms with Gasteiger partial charge in [-0.2, -0.15) is 0 Å². The highest BCUT2D eigenvalue weighted by molar-refractivity contribution is 5.87. The number of rotatable bonds is 2. The summed E-state index contributed by atoms with van der Waals surface area (Å²) in [4.78, 5) is 12.0. The summed E-state index contributed by atoms with van der Waals surface area (Å²) in [7, 11) is 0. The van der Waals surface area contributed by atoms with E-state index < -0.39 is 0 Å². The second-order valence-electron chi connectivity index (χ2n) is 4.63. The first-order valence-electron chi connectivity index (χ1n) is 6.05. The van der Waals surface area contributed by atoms with Crippen molar-refractivity contribution in [3.8, 4) is 0 Å². The molecule has 4 heteroatoms. The number of ether oxygens (including phenoxy) is 1. The topological polar surface area (TPSA) is 50.4 Å². The highest BCUT2D eigenvalue weighted by Gasteiger charge is 2.28. The van der Waals surface area contributed by atoms with Gasteiger partial charge in [0.1, 0.15) is 6.04 Å². The number of carbonyl (C=O) groups excluding carboxylic acids is 1. The predicted octanol–water partition coefficient (Wildman–Crippen LogP) is 0.928. The molecule has 1 saturated heterocycles. The SMILES string of the molecule is O=C(NC1CCOC1)[C@@H]1Cc2ccccc2N1. The number of anilines is 1. The van der Waals surface area contributed by atoms with E-state index in [4.69, 9.17) is 4.74 Å². The van der Waals surface area contributed by atoms with E-state index in [1.807, 2.05) is 18.2 Å². The summed E-state index contributed by atoms with van der Waals surface area (Å²) in [5, 5.41) is 6.28. The molecule has 1 fully saturated rings. The van der Waals surface area contributed by atoms with Crippen molar-refractivity contribution in [2.45, 2.75) is 24.9 Å². The Labute approximate surface area is 100 Å². The molecule has 1 aromatic carbocycles. The van der Waals surface area contributed by atoms with Gasteiger partial charge >= 0.3 is 0 Å². The van der Waals surface area contributed by atoms with Crippen LogP contribution < -0.4 is 10.6 Å². The fraction of sp³-hybridized carbons (Fsp3) is 0.462. The third kappa shape index (κ3) is 2.13. The highest BCUT2D eigenvalue weighted by Crippen LogP contribution is 2.25. The first kappa shape index (κ1) is 10.6. The summed E-state index contributed by atoms with van der Waals surface area (Å²) in [5.74, 6) is 0.0803. The minimum atomic E-state index is -0.131. The zero-order valence-electron chi connectivity index (χ0n) is 9.61. The van der Waals surface area contributed by atoms with E-state index in [0.717, 1.165) is 25.1 Å². The molecule has 0 spiro atoms. The molecule has 17 heavy (non-hydrogen) atoms. The van der Waals surface area contributed by atoms with Crippen LogP contribution in [0.3, 0.4) is 0 Å². The number of para-hydroxylation sites is 1. The fourth-order valence-electron chi connectivity index (χ4n) is 2.41. The van der Waals surface area contributed by atoms with E-state index in [0.29, 0.717) is 6.61 Å². The van der Waals surface area contributed by atoms with Crippen LogP contribution in [0.2, 0.25) is 0 Å². The lowest BCUT2D eigenvalue weighted by atomic mass is 10.1. The second kappa shape index (κ2) is 4.37. The van der Waals surface area contributed by atoms with Crippen molar-refractivity contribution in [3.63, 3.8) is 0 Å². The number of benzene rings is 1. The van der Waals surface area contributed by atoms with Crippen LogP contribution in [-0.2, 0) is 16.0 Å². The van der Waals surface area contributed by atoms with Crippen molar-refractivity contribution >= 4 is 11.6 Å². The van der Waals surface area contributed by atoms with Gasteiger partial charge in [0.05, 0.1) is 12.6 Å². The summed E-state index contributed by atoms with van der Waals surface area (Å²) >= 11 is 0. The number of hydrogen-bond acceptors (Lipinski definition) is 3. The van der Waals surface area contributed by atoms with E-state index in [1.165, 1.54) is 5.56 Å². The zero-order chi connectivity index (χ0) is 11.7. The van der Waals surface area contributed by atoms with Crippen molar-refractivity contribution < 1.29 is 9.53 Å². The Bertz CT molecular complexity index is 402. The Kier molecular flexibility index (Phi) is 2.73. The molecule has 1 aromatic rings. The smallest absolute Gasteiger partial charge is 0.243 e. The van der Waals surface area contributed by atoms with Crippen LogP contribution in [0.1, 0.15) is 12.0 Å². The minimum absolute atomic E-state index is 0.0803. The van der Waals surface area contributed by atoms with Gasteiger partial charge in [-0.15, -0.1) is 0 Å². The molecule has 90 valence electrons. The lowest BCUT2D eigenvalue weighted by Crippen LogP contribution is -2.44. The van der Waals surface area contributed by atoms with E-state index in [1.54, 1.807) is 0 Å². The zero-order valence-corrected chi connectivity index (χ0v) is 9.61. The van der Waals surface area contributed by atoms with E-state index in [9.17, 15) is 4.79 Å². The maximum absolute atomic E-state index is 12.0. The Hall–Kier alpha value is -1.55. The summed E-state index contributed by atoms with van der Waals surface area (Å²) in [5.41, 5.74) is 2.30. The third-order valence-corrected chi connectivity index (χ3v) is 3.36. The van der Waals surface area contributed by atoms with Crippen molar-refractivity contribution in [1.29, 1.82) is 0 Å². The van der Waals surface area contributed by atoms with Gasteiger partial charge in [-0.3, -0.25) is 4.79 Å². The molecule has 0 radical (unpaired) electrons. The van der Waals surface area contributed by atoms with Crippen molar-refractivity contribution in [2.75, 3.05) is 18.5 Å². The van der Waals surface area contributed by atoms with Gasteiger partial charge < -0.3 is 15.4 Å². The van der Waals surface area contributed by atoms with Crippen LogP contribution in [0.25, 0.3) is 0 Å². The maximum atomic E-state index is 12.0. The Balaban J connectivity index is 1.62. The van der Waals surface area contributed by atoms with Gasteiger partial charge in [-0.05, 0) is 18.1 Å². The number of nitrogens with one attached hydrogen (secondary N) is 2. The maximum Gasteiger partial charge on any atom is 0.243 e. The Morgan fingerprint density at radius 1 is 1.41 bits per heavy atom. The van der Waals surface area contributed by atoms with Crippen molar-refractivity contribution in [2.24, 2.45) is 0 Å². The molecule has 4 nitrogen and oxygen atoms in total. The highest BCUT2D eigenvalue weighted by atomic mass is 16.5. The minimum Gasteiger partial charge on any atom is -0.379 e. The standard InChI is InChI=1S/C13H16N2O2/c16-13(14-10-5-6-17-8-10)12-7-9-3-1-2-4-11(9)15-12/h1-4,10,12,15H,5-8H2,(H,14,16)/t10?,12-/m0/s1. The lowest BCUT2D eigenvalue weighted by molar-refractivity contribution is -0.122. The largest absolute Gasteiger partial charge is 0.379 e. The molecule has 2 aliphatic rings. The van der Waals surface area contributed by atoms with Crippen LogP contribution in [0.15, 0.2) is 24.3 Å². The molecule has 2 N–H and O–H groups in total. The van der Waals surface area contributed by atoms with Gasteiger partial charge in [0.25, 0.3) is 0 Å². The number of carbonyl (C=O) groups is 1. The number of hydrogen-bond donors (Lipinski definition) is 2. The van der Waals surface area contributed by atoms with Gasteiger partial charge in [0.2, 0.25) is 5.91 Å². The second-order valence-corrected chi connectivity index (χ2v) is 4.63. The van der Waals surface area contributed by atoms with Crippen LogP contribution >= 0.6 is 0 Å². The molecular weight excluding hydrogens is 216 g/mol. The van der Waals surface area contributed by atoms with Crippen LogP contribution in [0, 0.1) is 0 Å². The average Bonchev–Trinajstić information content (AvgIpc) is 2.96. The first-order valence-corrected chi connectivity index (χ1v) is 6.05. The van der Waals surface area contributed by atoms with Crippen LogP contribution in [0.4, 0.5) is 5.69 Å². The molecule has 3 rings (SSSR count). The van der Waals surface area contributed by atoms with Gasteiger partial charge in [-0.1, -0.05) is 18.2 Å². The van der Waals surface area contributed by atoms with E-state index >= 15 is 0 Å². The van der Waals surface area contributed by atoms with Crippen molar-refractivity contribution in [3.05, 3.63) is 29.8 Å². The molecule has 0 aromatic heterocycles. The molecule has 0 saturated carbocycles. The van der Waals surface area contributed by atoms with Gasteiger partial charge in [0, 0.05) is 18.7 Å². The normalized spacial score (nSPS) is 26.4. The monoisotopic (exact) mass is 232 g/mol. The molecular formula is C13H16N2O2. The predicted molar refractivity (Wildman–Crippen MR) is 64.9 cm³/mol. The van der Waals surface area contributed by atoms with Gasteiger partial charge in [-0.25, -0.2) is 0 Å². The average molecular weight is 232 g/mol. The third-order valence-electron chi connectivity index (χ3n) is 3.36. The quantitative estimate of drug-likeness (QED) is 0.797. The molecule has 0 bridgehead atoms. The molecule has 2 aliphatic heterocycles. The van der Waals surface area contributed by atoms with Crippen molar-refractivity contribution in [1.82, 2.24) is 5.32 Å². The summed E-state index contributed by atoms with van der Waals surface area (Å²) in [6, 6.07) is 8.12. The Morgan fingerprint density at radius 3 is 3.06 bits per heavy atom. The summed E-state index contributed by atoms with van der Waals surface area (Å²) in [6.45, 7) is 1.40. The number of amides is 1. The molecule has 2 heterocycles. The molecule has 1 amide bonds. The van der Waals surface area contributed by atoms with Crippen LogP contribution in [0.5, 0.6) is 0 Å². The van der Waals surface area contributed by atoms with Crippen LogP contribution in [-0.4, -0.2) is 31.2 Å². The van der Waals surface area contributed by atoms with E-state index in [-0.39, 0.29) is 18.0 Å².